The molecule has 5 rings (SSSR count). The summed E-state index contributed by atoms with van der Waals surface area (Å²) >= 11 is 6.65. The maximum absolute atomic E-state index is 12.7. The van der Waals surface area contributed by atoms with Crippen LogP contribution >= 0.6 is 23.6 Å². The molecule has 2 aliphatic carbocycles. The topological polar surface area (TPSA) is 112 Å². The standard InChI is InChI=1S/C24H26N4O4S2/c25-22(30)21-17-7-3-4-8-18(17)34-23(21)26-19(29)12-28-24(33)32-20(27-28)13-31-16-10-9-14-5-1-2-6-15(14)11-16/h9-11H,1-8,12-13H2,(H2,25,30)(H,26,29). The summed E-state index contributed by atoms with van der Waals surface area (Å²) in [4.78, 5) is 25.9. The van der Waals surface area contributed by atoms with E-state index in [-0.39, 0.29) is 23.9 Å². The van der Waals surface area contributed by atoms with E-state index in [2.05, 4.69) is 22.5 Å². The van der Waals surface area contributed by atoms with E-state index in [1.54, 1.807) is 0 Å². The number of rotatable bonds is 7. The molecule has 0 spiro atoms. The van der Waals surface area contributed by atoms with Crippen LogP contribution in [0.25, 0.3) is 0 Å². The van der Waals surface area contributed by atoms with Crippen molar-refractivity contribution in [2.24, 2.45) is 5.73 Å². The SMILES string of the molecule is NC(=O)c1c(NC(=O)Cn2nc(COc3ccc4c(c3)CCCC4)oc2=S)sc2c1CCCC2. The average Bonchev–Trinajstić information content (AvgIpc) is 3.36. The molecule has 178 valence electrons. The molecule has 2 amide bonds. The number of anilines is 1. The average molecular weight is 499 g/mol. The maximum atomic E-state index is 12.7. The van der Waals surface area contributed by atoms with Gasteiger partial charge in [0, 0.05) is 4.88 Å². The Balaban J connectivity index is 1.23. The molecular formula is C24H26N4O4S2. The third kappa shape index (κ3) is 4.78. The van der Waals surface area contributed by atoms with Crippen LogP contribution in [-0.4, -0.2) is 21.6 Å². The van der Waals surface area contributed by atoms with Gasteiger partial charge in [-0.2, -0.15) is 0 Å². The first kappa shape index (κ1) is 22.8. The number of thiophene rings is 1. The lowest BCUT2D eigenvalue weighted by Gasteiger charge is -2.16. The summed E-state index contributed by atoms with van der Waals surface area (Å²) in [6.45, 7) is -0.0253. The normalized spacial score (nSPS) is 14.8. The molecule has 3 aromatic rings. The molecule has 1 aromatic carbocycles. The summed E-state index contributed by atoms with van der Waals surface area (Å²) in [5.41, 5.74) is 9.73. The molecule has 0 bridgehead atoms. The molecular weight excluding hydrogens is 472 g/mol. The number of hydrogen-bond acceptors (Lipinski definition) is 7. The van der Waals surface area contributed by atoms with Gasteiger partial charge in [0.25, 0.3) is 16.6 Å². The van der Waals surface area contributed by atoms with E-state index < -0.39 is 5.91 Å². The molecule has 8 nitrogen and oxygen atoms in total. The Labute approximate surface area is 206 Å². The van der Waals surface area contributed by atoms with Gasteiger partial charge in [-0.15, -0.1) is 16.4 Å². The van der Waals surface area contributed by atoms with Crippen molar-refractivity contribution in [3.05, 3.63) is 56.1 Å². The van der Waals surface area contributed by atoms with Gasteiger partial charge in [0.2, 0.25) is 5.91 Å². The number of aryl methyl sites for hydroxylation is 3. The summed E-state index contributed by atoms with van der Waals surface area (Å²) in [5.74, 6) is 0.177. The van der Waals surface area contributed by atoms with Crippen molar-refractivity contribution in [3.8, 4) is 5.75 Å². The minimum atomic E-state index is -0.519. The van der Waals surface area contributed by atoms with Crippen LogP contribution in [0.1, 0.15) is 63.5 Å². The number of carbonyl (C=O) groups excluding carboxylic acids is 2. The predicted octanol–water partition coefficient (Wildman–Crippen LogP) is 4.34. The highest BCUT2D eigenvalue weighted by Gasteiger charge is 2.25. The number of ether oxygens (including phenoxy) is 1. The van der Waals surface area contributed by atoms with Gasteiger partial charge in [-0.25, -0.2) is 4.68 Å². The zero-order valence-electron chi connectivity index (χ0n) is 18.7. The van der Waals surface area contributed by atoms with Crippen LogP contribution in [0.15, 0.2) is 22.6 Å². The van der Waals surface area contributed by atoms with Gasteiger partial charge in [0.05, 0.1) is 5.56 Å². The molecule has 0 radical (unpaired) electrons. The largest absolute Gasteiger partial charge is 0.484 e. The first-order chi connectivity index (χ1) is 16.5. The Bertz CT molecular complexity index is 1310. The second-order valence-electron chi connectivity index (χ2n) is 8.67. The number of nitrogens with two attached hydrogens (primary N) is 1. The van der Waals surface area contributed by atoms with Gasteiger partial charge >= 0.3 is 0 Å². The minimum absolute atomic E-state index is 0.0831. The number of benzene rings is 1. The molecule has 0 unspecified atom stereocenters. The lowest BCUT2D eigenvalue weighted by Crippen LogP contribution is -2.22. The molecule has 34 heavy (non-hydrogen) atoms. The van der Waals surface area contributed by atoms with Crippen LogP contribution in [0.2, 0.25) is 0 Å². The van der Waals surface area contributed by atoms with E-state index in [1.807, 2.05) is 6.07 Å². The van der Waals surface area contributed by atoms with Gasteiger partial charge in [-0.3, -0.25) is 9.59 Å². The number of primary amides is 1. The van der Waals surface area contributed by atoms with Crippen molar-refractivity contribution < 1.29 is 18.7 Å². The number of nitrogens with one attached hydrogen (secondary N) is 1. The zero-order valence-corrected chi connectivity index (χ0v) is 20.4. The summed E-state index contributed by atoms with van der Waals surface area (Å²) in [5, 5.41) is 7.60. The highest BCUT2D eigenvalue weighted by atomic mass is 32.1. The molecule has 0 saturated carbocycles. The number of aromatic nitrogens is 2. The van der Waals surface area contributed by atoms with Crippen molar-refractivity contribution >= 4 is 40.4 Å². The van der Waals surface area contributed by atoms with Gasteiger partial charge in [0.15, 0.2) is 6.61 Å². The Kier molecular flexibility index (Phi) is 6.51. The molecule has 0 fully saturated rings. The summed E-state index contributed by atoms with van der Waals surface area (Å²) in [6, 6.07) is 6.15. The van der Waals surface area contributed by atoms with Gasteiger partial charge < -0.3 is 20.2 Å². The van der Waals surface area contributed by atoms with Crippen LogP contribution in [0.5, 0.6) is 5.75 Å². The van der Waals surface area contributed by atoms with E-state index in [4.69, 9.17) is 27.1 Å². The summed E-state index contributed by atoms with van der Waals surface area (Å²) in [7, 11) is 0. The van der Waals surface area contributed by atoms with Gasteiger partial charge in [0.1, 0.15) is 17.3 Å². The highest BCUT2D eigenvalue weighted by molar-refractivity contribution is 7.71. The fraction of sp³-hybridized carbons (Fsp3) is 0.417. The van der Waals surface area contributed by atoms with Crippen LogP contribution in [0.3, 0.4) is 0 Å². The number of fused-ring (bicyclic) bond motifs is 2. The summed E-state index contributed by atoms with van der Waals surface area (Å²) < 4.78 is 12.7. The first-order valence-corrected chi connectivity index (χ1v) is 12.8. The van der Waals surface area contributed by atoms with E-state index >= 15 is 0 Å². The predicted molar refractivity (Wildman–Crippen MR) is 131 cm³/mol. The van der Waals surface area contributed by atoms with Crippen LogP contribution in [-0.2, 0) is 43.6 Å². The number of hydrogen-bond donors (Lipinski definition) is 2. The quantitative estimate of drug-likeness (QED) is 0.469. The molecule has 2 heterocycles. The highest BCUT2D eigenvalue weighted by Crippen LogP contribution is 2.37. The monoisotopic (exact) mass is 498 g/mol. The third-order valence-corrected chi connectivity index (χ3v) is 7.80. The second-order valence-corrected chi connectivity index (χ2v) is 10.1. The fourth-order valence-electron chi connectivity index (χ4n) is 4.67. The van der Waals surface area contributed by atoms with Crippen molar-refractivity contribution in [3.63, 3.8) is 0 Å². The molecule has 0 aliphatic heterocycles. The molecule has 2 aliphatic rings. The van der Waals surface area contributed by atoms with Gasteiger partial charge in [-0.05, 0) is 92.4 Å². The lowest BCUT2D eigenvalue weighted by molar-refractivity contribution is -0.116. The van der Waals surface area contributed by atoms with Crippen molar-refractivity contribution in [1.82, 2.24) is 9.78 Å². The van der Waals surface area contributed by atoms with E-state index in [0.29, 0.717) is 16.5 Å². The molecule has 2 aromatic heterocycles. The third-order valence-electron chi connectivity index (χ3n) is 6.29. The molecule has 3 N–H and O–H groups in total. The van der Waals surface area contributed by atoms with Crippen LogP contribution < -0.4 is 15.8 Å². The second kappa shape index (κ2) is 9.71. The minimum Gasteiger partial charge on any atom is -0.484 e. The first-order valence-electron chi connectivity index (χ1n) is 11.5. The van der Waals surface area contributed by atoms with Crippen molar-refractivity contribution in [2.45, 2.75) is 64.5 Å². The van der Waals surface area contributed by atoms with E-state index in [1.165, 1.54) is 40.0 Å². The van der Waals surface area contributed by atoms with Crippen molar-refractivity contribution in [2.75, 3.05) is 5.32 Å². The zero-order chi connectivity index (χ0) is 23.7. The smallest absolute Gasteiger partial charge is 0.287 e. The molecule has 10 heteroatoms. The molecule has 0 atom stereocenters. The van der Waals surface area contributed by atoms with Crippen LogP contribution in [0.4, 0.5) is 5.00 Å². The Morgan fingerprint density at radius 3 is 2.74 bits per heavy atom. The van der Waals surface area contributed by atoms with Crippen LogP contribution in [0, 0.1) is 4.84 Å². The summed E-state index contributed by atoms with van der Waals surface area (Å²) in [6.07, 6.45) is 8.42. The Morgan fingerprint density at radius 2 is 1.91 bits per heavy atom. The molecule has 0 saturated heterocycles. The number of nitrogens with zero attached hydrogens (tertiary/aromatic N) is 2. The Morgan fingerprint density at radius 1 is 1.15 bits per heavy atom. The van der Waals surface area contributed by atoms with E-state index in [9.17, 15) is 9.59 Å². The Hall–Kier alpha value is -2.98. The lowest BCUT2D eigenvalue weighted by atomic mass is 9.92. The van der Waals surface area contributed by atoms with Crippen molar-refractivity contribution in [1.29, 1.82) is 0 Å². The fourth-order valence-corrected chi connectivity index (χ4v) is 6.18. The van der Waals surface area contributed by atoms with Gasteiger partial charge in [-0.1, -0.05) is 6.07 Å². The number of carbonyl (C=O) groups is 2. The van der Waals surface area contributed by atoms with E-state index in [0.717, 1.165) is 54.7 Å². The number of amides is 2. The maximum Gasteiger partial charge on any atom is 0.287 e.